The van der Waals surface area contributed by atoms with Crippen LogP contribution < -0.4 is 0 Å². The number of hydrogen-bond donors (Lipinski definition) is 0. The van der Waals surface area contributed by atoms with E-state index in [-0.39, 0.29) is 0 Å². The SMILES string of the molecule is O=C(OCC(F)C(F)F)OC(F)C(F)F. The first-order valence-electron chi connectivity index (χ1n) is 3.52. The van der Waals surface area contributed by atoms with Gasteiger partial charge in [0.1, 0.15) is 6.61 Å². The first-order valence-corrected chi connectivity index (χ1v) is 3.52. The molecule has 0 aromatic rings. The molecule has 90 valence electrons. The lowest BCUT2D eigenvalue weighted by Crippen LogP contribution is -2.26. The van der Waals surface area contributed by atoms with E-state index in [0.29, 0.717) is 0 Å². The Bertz CT molecular complexity index is 199. The van der Waals surface area contributed by atoms with Crippen molar-refractivity contribution in [2.24, 2.45) is 0 Å². The third-order valence-corrected chi connectivity index (χ3v) is 1.04. The van der Waals surface area contributed by atoms with Crippen molar-refractivity contribution < 1.29 is 40.6 Å². The van der Waals surface area contributed by atoms with Crippen LogP contribution in [-0.4, -0.2) is 38.1 Å². The van der Waals surface area contributed by atoms with Gasteiger partial charge in [0, 0.05) is 0 Å². The van der Waals surface area contributed by atoms with Gasteiger partial charge in [-0.3, -0.25) is 0 Å². The predicted octanol–water partition coefficient (Wildman–Crippen LogP) is 2.30. The minimum Gasteiger partial charge on any atom is -0.431 e. The third-order valence-electron chi connectivity index (χ3n) is 1.04. The van der Waals surface area contributed by atoms with Crippen molar-refractivity contribution in [3.63, 3.8) is 0 Å². The van der Waals surface area contributed by atoms with Crippen molar-refractivity contribution in [2.75, 3.05) is 6.61 Å². The molecule has 0 fully saturated rings. The van der Waals surface area contributed by atoms with E-state index in [4.69, 9.17) is 0 Å². The number of carbonyl (C=O) groups is 1. The second kappa shape index (κ2) is 6.36. The van der Waals surface area contributed by atoms with Crippen molar-refractivity contribution >= 4 is 6.16 Å². The molecular weight excluding hydrogens is 234 g/mol. The summed E-state index contributed by atoms with van der Waals surface area (Å²) >= 11 is 0. The third kappa shape index (κ3) is 6.02. The van der Waals surface area contributed by atoms with Gasteiger partial charge in [0.15, 0.2) is 6.17 Å². The highest BCUT2D eigenvalue weighted by Crippen LogP contribution is 2.09. The summed E-state index contributed by atoms with van der Waals surface area (Å²) in [5, 5.41) is 0. The van der Waals surface area contributed by atoms with Gasteiger partial charge in [0.05, 0.1) is 0 Å². The van der Waals surface area contributed by atoms with Crippen molar-refractivity contribution in [2.45, 2.75) is 25.4 Å². The average Bonchev–Trinajstić information content (AvgIpc) is 2.13. The molecule has 0 heterocycles. The molecule has 0 amide bonds. The van der Waals surface area contributed by atoms with Gasteiger partial charge in [-0.1, -0.05) is 0 Å². The molecule has 0 rings (SSSR count). The van der Waals surface area contributed by atoms with Crippen molar-refractivity contribution in [1.29, 1.82) is 0 Å². The van der Waals surface area contributed by atoms with Crippen LogP contribution in [0.4, 0.5) is 31.1 Å². The van der Waals surface area contributed by atoms with Gasteiger partial charge < -0.3 is 9.47 Å². The van der Waals surface area contributed by atoms with Crippen LogP contribution in [0.5, 0.6) is 0 Å². The molecule has 2 atom stereocenters. The number of carbonyl (C=O) groups excluding carboxylic acids is 1. The summed E-state index contributed by atoms with van der Waals surface area (Å²) in [6, 6.07) is 0. The normalized spacial score (nSPS) is 15.2. The Morgan fingerprint density at radius 3 is 1.93 bits per heavy atom. The van der Waals surface area contributed by atoms with E-state index in [9.17, 15) is 31.1 Å². The molecule has 3 nitrogen and oxygen atoms in total. The van der Waals surface area contributed by atoms with Gasteiger partial charge in [-0.15, -0.1) is 0 Å². The monoisotopic (exact) mass is 240 g/mol. The van der Waals surface area contributed by atoms with Gasteiger partial charge >= 0.3 is 18.9 Å². The first-order chi connectivity index (χ1) is 6.84. The lowest BCUT2D eigenvalue weighted by molar-refractivity contribution is -0.114. The molecule has 0 aliphatic rings. The topological polar surface area (TPSA) is 35.5 Å². The summed E-state index contributed by atoms with van der Waals surface area (Å²) in [6.07, 6.45) is -15.0. The van der Waals surface area contributed by atoms with E-state index < -0.39 is 38.1 Å². The summed E-state index contributed by atoms with van der Waals surface area (Å²) in [7, 11) is 0. The van der Waals surface area contributed by atoms with Gasteiger partial charge in [0.2, 0.25) is 0 Å². The predicted molar refractivity (Wildman–Crippen MR) is 34.2 cm³/mol. The summed E-state index contributed by atoms with van der Waals surface area (Å²) in [4.78, 5) is 10.3. The number of alkyl halides is 6. The number of ether oxygens (including phenoxy) is 2. The summed E-state index contributed by atoms with van der Waals surface area (Å²) in [5.41, 5.74) is 0. The quantitative estimate of drug-likeness (QED) is 0.546. The number of hydrogen-bond acceptors (Lipinski definition) is 3. The van der Waals surface area contributed by atoms with Gasteiger partial charge in [-0.2, -0.15) is 4.39 Å². The Kier molecular flexibility index (Phi) is 5.87. The van der Waals surface area contributed by atoms with Crippen LogP contribution in [-0.2, 0) is 9.47 Å². The molecule has 2 unspecified atom stereocenters. The molecule has 0 bridgehead atoms. The Morgan fingerprint density at radius 1 is 1.00 bits per heavy atom. The molecule has 15 heavy (non-hydrogen) atoms. The van der Waals surface area contributed by atoms with E-state index in [0.717, 1.165) is 0 Å². The Labute approximate surface area is 79.9 Å². The second-order valence-electron chi connectivity index (χ2n) is 2.21. The fourth-order valence-electron chi connectivity index (χ4n) is 0.398. The average molecular weight is 240 g/mol. The molecule has 0 saturated heterocycles. The maximum Gasteiger partial charge on any atom is 0.511 e. The highest BCUT2D eigenvalue weighted by molar-refractivity contribution is 5.60. The molecule has 9 heteroatoms. The first kappa shape index (κ1) is 13.8. The Morgan fingerprint density at radius 2 is 1.53 bits per heavy atom. The van der Waals surface area contributed by atoms with Crippen molar-refractivity contribution in [1.82, 2.24) is 0 Å². The van der Waals surface area contributed by atoms with E-state index in [1.807, 2.05) is 0 Å². The molecule has 0 spiro atoms. The highest BCUT2D eigenvalue weighted by atomic mass is 19.3. The number of rotatable bonds is 5. The van der Waals surface area contributed by atoms with Gasteiger partial charge in [0.25, 0.3) is 6.43 Å². The molecule has 0 radical (unpaired) electrons. The fraction of sp³-hybridized carbons (Fsp3) is 0.833. The van der Waals surface area contributed by atoms with Crippen molar-refractivity contribution in [3.05, 3.63) is 0 Å². The van der Waals surface area contributed by atoms with Gasteiger partial charge in [-0.25, -0.2) is 26.7 Å². The molecule has 0 N–H and O–H groups in total. The van der Waals surface area contributed by atoms with E-state index in [1.165, 1.54) is 0 Å². The maximum absolute atomic E-state index is 12.1. The van der Waals surface area contributed by atoms with Gasteiger partial charge in [-0.05, 0) is 0 Å². The summed E-state index contributed by atoms with van der Waals surface area (Å²) in [6.45, 7) is -1.40. The molecule has 0 aromatic carbocycles. The van der Waals surface area contributed by atoms with Crippen molar-refractivity contribution in [3.8, 4) is 0 Å². The number of halogens is 6. The summed E-state index contributed by atoms with van der Waals surface area (Å²) in [5.74, 6) is 0. The Balaban J connectivity index is 3.76. The molecule has 0 aliphatic carbocycles. The molecule has 0 saturated carbocycles. The molecular formula is C6H6F6O3. The lowest BCUT2D eigenvalue weighted by atomic mass is 10.4. The van der Waals surface area contributed by atoms with Crippen LogP contribution in [0.1, 0.15) is 0 Å². The molecule has 0 aliphatic heterocycles. The van der Waals surface area contributed by atoms with E-state index >= 15 is 0 Å². The minimum atomic E-state index is -3.59. The lowest BCUT2D eigenvalue weighted by Gasteiger charge is -2.10. The Hall–Kier alpha value is -1.15. The summed E-state index contributed by atoms with van der Waals surface area (Å²) < 4.78 is 76.6. The van der Waals surface area contributed by atoms with Crippen LogP contribution in [0, 0.1) is 0 Å². The maximum atomic E-state index is 12.1. The van der Waals surface area contributed by atoms with E-state index in [1.54, 1.807) is 0 Å². The van der Waals surface area contributed by atoms with E-state index in [2.05, 4.69) is 9.47 Å². The minimum absolute atomic E-state index is 1.40. The molecule has 0 aromatic heterocycles. The van der Waals surface area contributed by atoms with Crippen LogP contribution in [0.2, 0.25) is 0 Å². The zero-order chi connectivity index (χ0) is 12.0. The largest absolute Gasteiger partial charge is 0.511 e. The standard InChI is InChI=1S/C6H6F6O3/c7-2(3(8)9)1-14-6(13)15-5(12)4(10)11/h2-5H,1H2. The smallest absolute Gasteiger partial charge is 0.431 e. The zero-order valence-corrected chi connectivity index (χ0v) is 7.01. The second-order valence-corrected chi connectivity index (χ2v) is 2.21. The zero-order valence-electron chi connectivity index (χ0n) is 7.01. The van der Waals surface area contributed by atoms with Crippen LogP contribution in [0.25, 0.3) is 0 Å². The van der Waals surface area contributed by atoms with Crippen LogP contribution in [0.3, 0.4) is 0 Å². The van der Waals surface area contributed by atoms with Crippen LogP contribution in [0.15, 0.2) is 0 Å². The highest BCUT2D eigenvalue weighted by Gasteiger charge is 2.26. The fourth-order valence-corrected chi connectivity index (χ4v) is 0.398. The van der Waals surface area contributed by atoms with Crippen LogP contribution >= 0.6 is 0 Å².